The van der Waals surface area contributed by atoms with Gasteiger partial charge in [0.2, 0.25) is 0 Å². The van der Waals surface area contributed by atoms with Gasteiger partial charge in [0.15, 0.2) is 0 Å². The van der Waals surface area contributed by atoms with Crippen LogP contribution in [-0.4, -0.2) is 36.6 Å². The molecular weight excluding hydrogens is 166 g/mol. The lowest BCUT2D eigenvalue weighted by Gasteiger charge is -2.28. The molecule has 1 fully saturated rings. The van der Waals surface area contributed by atoms with Crippen LogP contribution in [0.3, 0.4) is 0 Å². The summed E-state index contributed by atoms with van der Waals surface area (Å²) in [4.78, 5) is 13.4. The fourth-order valence-electron chi connectivity index (χ4n) is 1.46. The standard InChI is InChI=1S/C9H19N3O/c1-8(7-10)11-9(13)12-5-3-2-4-6-12/h8H,2-7,10H2,1H3,(H,11,13)/t8-/m1/s1. The third-order valence-electron chi connectivity index (χ3n) is 2.37. The van der Waals surface area contributed by atoms with Crippen LogP contribution < -0.4 is 11.1 Å². The van der Waals surface area contributed by atoms with Gasteiger partial charge in [-0.25, -0.2) is 4.79 Å². The van der Waals surface area contributed by atoms with Crippen molar-refractivity contribution in [1.82, 2.24) is 10.2 Å². The fraction of sp³-hybridized carbons (Fsp3) is 0.889. The first kappa shape index (κ1) is 10.3. The zero-order valence-electron chi connectivity index (χ0n) is 8.25. The summed E-state index contributed by atoms with van der Waals surface area (Å²) in [5, 5.41) is 2.86. The van der Waals surface area contributed by atoms with E-state index in [1.807, 2.05) is 11.8 Å². The van der Waals surface area contributed by atoms with E-state index < -0.39 is 0 Å². The third kappa shape index (κ3) is 3.22. The summed E-state index contributed by atoms with van der Waals surface area (Å²) < 4.78 is 0. The molecule has 4 heteroatoms. The van der Waals surface area contributed by atoms with Crippen LogP contribution in [0.1, 0.15) is 26.2 Å². The molecule has 1 saturated heterocycles. The molecule has 2 amide bonds. The van der Waals surface area contributed by atoms with E-state index >= 15 is 0 Å². The average Bonchev–Trinajstić information content (AvgIpc) is 2.19. The quantitative estimate of drug-likeness (QED) is 0.659. The van der Waals surface area contributed by atoms with Crippen molar-refractivity contribution < 1.29 is 4.79 Å². The molecule has 0 aromatic carbocycles. The molecule has 1 aliphatic rings. The number of urea groups is 1. The largest absolute Gasteiger partial charge is 0.334 e. The van der Waals surface area contributed by atoms with Crippen molar-refractivity contribution in [2.75, 3.05) is 19.6 Å². The third-order valence-corrected chi connectivity index (χ3v) is 2.37. The molecule has 0 radical (unpaired) electrons. The van der Waals surface area contributed by atoms with E-state index in [1.54, 1.807) is 0 Å². The van der Waals surface area contributed by atoms with Gasteiger partial charge in [-0.3, -0.25) is 0 Å². The van der Waals surface area contributed by atoms with Crippen molar-refractivity contribution in [2.45, 2.75) is 32.2 Å². The number of piperidine rings is 1. The zero-order valence-corrected chi connectivity index (χ0v) is 8.25. The van der Waals surface area contributed by atoms with Gasteiger partial charge in [-0.05, 0) is 26.2 Å². The number of hydrogen-bond acceptors (Lipinski definition) is 2. The summed E-state index contributed by atoms with van der Waals surface area (Å²) in [7, 11) is 0. The Kier molecular flexibility index (Phi) is 4.02. The van der Waals surface area contributed by atoms with Crippen molar-refractivity contribution in [1.29, 1.82) is 0 Å². The van der Waals surface area contributed by atoms with Gasteiger partial charge in [0.05, 0.1) is 0 Å². The molecule has 0 aromatic rings. The maximum absolute atomic E-state index is 11.5. The first-order valence-electron chi connectivity index (χ1n) is 4.99. The molecule has 1 heterocycles. The predicted octanol–water partition coefficient (Wildman–Crippen LogP) is 0.529. The highest BCUT2D eigenvalue weighted by molar-refractivity contribution is 5.74. The highest BCUT2D eigenvalue weighted by Gasteiger charge is 2.16. The second kappa shape index (κ2) is 5.07. The van der Waals surface area contributed by atoms with Crippen LogP contribution in [-0.2, 0) is 0 Å². The Morgan fingerprint density at radius 3 is 2.62 bits per heavy atom. The van der Waals surface area contributed by atoms with E-state index in [4.69, 9.17) is 5.73 Å². The minimum atomic E-state index is 0.0395. The van der Waals surface area contributed by atoms with Crippen LogP contribution >= 0.6 is 0 Å². The van der Waals surface area contributed by atoms with Gasteiger partial charge in [-0.1, -0.05) is 0 Å². The molecule has 4 nitrogen and oxygen atoms in total. The van der Waals surface area contributed by atoms with Crippen molar-refractivity contribution >= 4 is 6.03 Å². The molecule has 0 spiro atoms. The summed E-state index contributed by atoms with van der Waals surface area (Å²) in [5.74, 6) is 0. The number of hydrogen-bond donors (Lipinski definition) is 2. The van der Waals surface area contributed by atoms with E-state index in [-0.39, 0.29) is 12.1 Å². The van der Waals surface area contributed by atoms with E-state index in [0.29, 0.717) is 6.54 Å². The minimum absolute atomic E-state index is 0.0395. The molecule has 76 valence electrons. The van der Waals surface area contributed by atoms with Gasteiger partial charge in [0, 0.05) is 25.7 Å². The molecular formula is C9H19N3O. The smallest absolute Gasteiger partial charge is 0.317 e. The summed E-state index contributed by atoms with van der Waals surface area (Å²) in [5.41, 5.74) is 5.42. The van der Waals surface area contributed by atoms with Gasteiger partial charge in [-0.2, -0.15) is 0 Å². The number of likely N-dealkylation sites (tertiary alicyclic amines) is 1. The highest BCUT2D eigenvalue weighted by atomic mass is 16.2. The first-order valence-corrected chi connectivity index (χ1v) is 4.99. The van der Waals surface area contributed by atoms with Gasteiger partial charge in [0.25, 0.3) is 0 Å². The van der Waals surface area contributed by atoms with Gasteiger partial charge < -0.3 is 16.0 Å². The van der Waals surface area contributed by atoms with Crippen LogP contribution in [0.2, 0.25) is 0 Å². The number of nitrogens with one attached hydrogen (secondary N) is 1. The fourth-order valence-corrected chi connectivity index (χ4v) is 1.46. The van der Waals surface area contributed by atoms with E-state index in [2.05, 4.69) is 5.32 Å². The van der Waals surface area contributed by atoms with Crippen molar-refractivity contribution in [3.63, 3.8) is 0 Å². The maximum Gasteiger partial charge on any atom is 0.317 e. The average molecular weight is 185 g/mol. The lowest BCUT2D eigenvalue weighted by Crippen LogP contribution is -2.47. The first-order chi connectivity index (χ1) is 6.24. The van der Waals surface area contributed by atoms with E-state index in [1.165, 1.54) is 6.42 Å². The highest BCUT2D eigenvalue weighted by Crippen LogP contribution is 2.08. The van der Waals surface area contributed by atoms with Crippen LogP contribution in [0.4, 0.5) is 4.79 Å². The molecule has 0 aromatic heterocycles. The Morgan fingerprint density at radius 1 is 1.46 bits per heavy atom. The summed E-state index contributed by atoms with van der Waals surface area (Å²) in [6, 6.07) is 0.118. The minimum Gasteiger partial charge on any atom is -0.334 e. The summed E-state index contributed by atoms with van der Waals surface area (Å²) in [6.07, 6.45) is 3.51. The SMILES string of the molecule is C[C@H](CN)NC(=O)N1CCCCC1. The number of carbonyl (C=O) groups is 1. The second-order valence-corrected chi connectivity index (χ2v) is 3.63. The summed E-state index contributed by atoms with van der Waals surface area (Å²) in [6.45, 7) is 4.20. The maximum atomic E-state index is 11.5. The van der Waals surface area contributed by atoms with Crippen molar-refractivity contribution in [2.24, 2.45) is 5.73 Å². The van der Waals surface area contributed by atoms with Gasteiger partial charge in [-0.15, -0.1) is 0 Å². The Labute approximate surface area is 79.5 Å². The zero-order chi connectivity index (χ0) is 9.68. The second-order valence-electron chi connectivity index (χ2n) is 3.63. The number of amides is 2. The van der Waals surface area contributed by atoms with Crippen LogP contribution in [0, 0.1) is 0 Å². The number of carbonyl (C=O) groups excluding carboxylic acids is 1. The van der Waals surface area contributed by atoms with E-state index in [0.717, 1.165) is 25.9 Å². The summed E-state index contributed by atoms with van der Waals surface area (Å²) >= 11 is 0. The number of nitrogens with zero attached hydrogens (tertiary/aromatic N) is 1. The molecule has 1 rings (SSSR count). The Bertz CT molecular complexity index is 166. The molecule has 13 heavy (non-hydrogen) atoms. The van der Waals surface area contributed by atoms with E-state index in [9.17, 15) is 4.79 Å². The molecule has 0 saturated carbocycles. The number of rotatable bonds is 2. The van der Waals surface area contributed by atoms with Crippen molar-refractivity contribution in [3.8, 4) is 0 Å². The molecule has 1 atom stereocenters. The lowest BCUT2D eigenvalue weighted by atomic mass is 10.1. The van der Waals surface area contributed by atoms with Crippen LogP contribution in [0.25, 0.3) is 0 Å². The molecule has 0 bridgehead atoms. The molecule has 1 aliphatic heterocycles. The topological polar surface area (TPSA) is 58.4 Å². The molecule has 0 unspecified atom stereocenters. The lowest BCUT2D eigenvalue weighted by molar-refractivity contribution is 0.183. The molecule has 0 aliphatic carbocycles. The predicted molar refractivity (Wildman–Crippen MR) is 52.5 cm³/mol. The van der Waals surface area contributed by atoms with Crippen molar-refractivity contribution in [3.05, 3.63) is 0 Å². The Balaban J connectivity index is 2.29. The van der Waals surface area contributed by atoms with Gasteiger partial charge in [0.1, 0.15) is 0 Å². The van der Waals surface area contributed by atoms with Crippen LogP contribution in [0.5, 0.6) is 0 Å². The molecule has 3 N–H and O–H groups in total. The monoisotopic (exact) mass is 185 g/mol. The number of nitrogens with two attached hydrogens (primary N) is 1. The van der Waals surface area contributed by atoms with Crippen LogP contribution in [0.15, 0.2) is 0 Å². The Hall–Kier alpha value is -0.770. The Morgan fingerprint density at radius 2 is 2.08 bits per heavy atom. The van der Waals surface area contributed by atoms with Gasteiger partial charge >= 0.3 is 6.03 Å². The normalized spacial score (nSPS) is 19.7.